The van der Waals surface area contributed by atoms with Crippen LogP contribution in [0.5, 0.6) is 0 Å². The Morgan fingerprint density at radius 1 is 1.05 bits per heavy atom. The third-order valence-electron chi connectivity index (χ3n) is 3.18. The first-order valence-corrected chi connectivity index (χ1v) is 6.68. The van der Waals surface area contributed by atoms with Crippen molar-refractivity contribution in [2.75, 3.05) is 5.32 Å². The van der Waals surface area contributed by atoms with Crippen LogP contribution in [0.15, 0.2) is 54.1 Å². The second-order valence-electron chi connectivity index (χ2n) is 5.01. The number of nitrogens with one attached hydrogen (secondary N) is 1. The summed E-state index contributed by atoms with van der Waals surface area (Å²) in [6.07, 6.45) is 1.89. The van der Waals surface area contributed by atoms with Crippen molar-refractivity contribution >= 4 is 17.7 Å². The molecule has 0 bridgehead atoms. The van der Waals surface area contributed by atoms with Crippen LogP contribution in [0.3, 0.4) is 0 Å². The standard InChI is InChI=1S/C18H19NO/c1-13-9-10-14(2)17(11-13)19-18(20)15(3)12-16-7-5-4-6-8-16/h4-12H,1-3H3,(H,19,20). The number of carbonyl (C=O) groups is 1. The maximum atomic E-state index is 12.2. The third-order valence-corrected chi connectivity index (χ3v) is 3.18. The number of aryl methyl sites for hydroxylation is 2. The number of benzene rings is 2. The van der Waals surface area contributed by atoms with E-state index >= 15 is 0 Å². The monoisotopic (exact) mass is 265 g/mol. The molecule has 2 nitrogen and oxygen atoms in total. The van der Waals surface area contributed by atoms with Gasteiger partial charge < -0.3 is 5.32 Å². The van der Waals surface area contributed by atoms with Crippen LogP contribution in [0.1, 0.15) is 23.6 Å². The number of amides is 1. The average molecular weight is 265 g/mol. The maximum absolute atomic E-state index is 12.2. The summed E-state index contributed by atoms with van der Waals surface area (Å²) in [5.74, 6) is -0.0671. The van der Waals surface area contributed by atoms with Gasteiger partial charge in [0.2, 0.25) is 0 Å². The summed E-state index contributed by atoms with van der Waals surface area (Å²) < 4.78 is 0. The number of hydrogen-bond donors (Lipinski definition) is 1. The number of carbonyl (C=O) groups excluding carboxylic acids is 1. The minimum absolute atomic E-state index is 0.0671. The fraction of sp³-hybridized carbons (Fsp3) is 0.167. The van der Waals surface area contributed by atoms with Gasteiger partial charge in [-0.2, -0.15) is 0 Å². The van der Waals surface area contributed by atoms with Crippen molar-refractivity contribution in [1.82, 2.24) is 0 Å². The highest BCUT2D eigenvalue weighted by Crippen LogP contribution is 2.17. The van der Waals surface area contributed by atoms with Gasteiger partial charge in [0.05, 0.1) is 0 Å². The Bertz CT molecular complexity index is 642. The van der Waals surface area contributed by atoms with E-state index in [9.17, 15) is 4.79 Å². The van der Waals surface area contributed by atoms with Gasteiger partial charge in [-0.25, -0.2) is 0 Å². The molecule has 0 heterocycles. The topological polar surface area (TPSA) is 29.1 Å². The number of hydrogen-bond acceptors (Lipinski definition) is 1. The van der Waals surface area contributed by atoms with Crippen LogP contribution < -0.4 is 5.32 Å². The molecule has 102 valence electrons. The summed E-state index contributed by atoms with van der Waals surface area (Å²) in [5.41, 5.74) is 4.79. The molecule has 1 amide bonds. The highest BCUT2D eigenvalue weighted by Gasteiger charge is 2.07. The minimum atomic E-state index is -0.0671. The first-order valence-electron chi connectivity index (χ1n) is 6.68. The van der Waals surface area contributed by atoms with Crippen molar-refractivity contribution in [3.8, 4) is 0 Å². The predicted molar refractivity (Wildman–Crippen MR) is 84.6 cm³/mol. The summed E-state index contributed by atoms with van der Waals surface area (Å²) in [6.45, 7) is 5.83. The Morgan fingerprint density at radius 3 is 2.45 bits per heavy atom. The summed E-state index contributed by atoms with van der Waals surface area (Å²) in [6, 6.07) is 15.9. The van der Waals surface area contributed by atoms with Crippen LogP contribution >= 0.6 is 0 Å². The first kappa shape index (κ1) is 14.1. The van der Waals surface area contributed by atoms with Crippen LogP contribution in [0.2, 0.25) is 0 Å². The van der Waals surface area contributed by atoms with E-state index in [2.05, 4.69) is 5.32 Å². The van der Waals surface area contributed by atoms with Gasteiger partial charge >= 0.3 is 0 Å². The maximum Gasteiger partial charge on any atom is 0.251 e. The predicted octanol–water partition coefficient (Wildman–Crippen LogP) is 4.35. The molecule has 0 aromatic heterocycles. The second kappa shape index (κ2) is 6.20. The molecule has 2 aromatic carbocycles. The average Bonchev–Trinajstić information content (AvgIpc) is 2.44. The van der Waals surface area contributed by atoms with Crippen molar-refractivity contribution < 1.29 is 4.79 Å². The largest absolute Gasteiger partial charge is 0.322 e. The third kappa shape index (κ3) is 3.58. The van der Waals surface area contributed by atoms with Crippen molar-refractivity contribution in [2.45, 2.75) is 20.8 Å². The van der Waals surface area contributed by atoms with E-state index in [-0.39, 0.29) is 5.91 Å². The molecule has 0 saturated carbocycles. The van der Waals surface area contributed by atoms with Gasteiger partial charge in [-0.1, -0.05) is 42.5 Å². The van der Waals surface area contributed by atoms with E-state index in [1.807, 2.05) is 75.4 Å². The zero-order valence-corrected chi connectivity index (χ0v) is 12.1. The van der Waals surface area contributed by atoms with E-state index in [0.29, 0.717) is 5.57 Å². The lowest BCUT2D eigenvalue weighted by molar-refractivity contribution is -0.112. The molecule has 0 atom stereocenters. The molecule has 2 aromatic rings. The Labute approximate surface area is 120 Å². The van der Waals surface area contributed by atoms with Gasteiger partial charge in [-0.15, -0.1) is 0 Å². The van der Waals surface area contributed by atoms with E-state index in [1.54, 1.807) is 0 Å². The van der Waals surface area contributed by atoms with Crippen LogP contribution in [-0.2, 0) is 4.79 Å². The van der Waals surface area contributed by atoms with Gasteiger partial charge in [0.15, 0.2) is 0 Å². The highest BCUT2D eigenvalue weighted by molar-refractivity contribution is 6.06. The van der Waals surface area contributed by atoms with Gasteiger partial charge in [0.1, 0.15) is 0 Å². The molecular formula is C18H19NO. The lowest BCUT2D eigenvalue weighted by Gasteiger charge is -2.09. The lowest BCUT2D eigenvalue weighted by Crippen LogP contribution is -2.13. The van der Waals surface area contributed by atoms with E-state index in [4.69, 9.17) is 0 Å². The van der Waals surface area contributed by atoms with Crippen LogP contribution in [0.4, 0.5) is 5.69 Å². The molecule has 0 radical (unpaired) electrons. The molecule has 2 heteroatoms. The number of rotatable bonds is 3. The van der Waals surface area contributed by atoms with Gasteiger partial charge in [0, 0.05) is 11.3 Å². The normalized spacial score (nSPS) is 11.2. The summed E-state index contributed by atoms with van der Waals surface area (Å²) in [4.78, 5) is 12.2. The molecule has 1 N–H and O–H groups in total. The van der Waals surface area contributed by atoms with Crippen molar-refractivity contribution in [3.05, 3.63) is 70.8 Å². The fourth-order valence-electron chi connectivity index (χ4n) is 1.96. The molecule has 0 unspecified atom stereocenters. The molecule has 0 aliphatic carbocycles. The van der Waals surface area contributed by atoms with Crippen LogP contribution in [-0.4, -0.2) is 5.91 Å². The molecule has 2 rings (SSSR count). The molecular weight excluding hydrogens is 246 g/mol. The Balaban J connectivity index is 2.16. The summed E-state index contributed by atoms with van der Waals surface area (Å²) in [7, 11) is 0. The first-order chi connectivity index (χ1) is 9.56. The summed E-state index contributed by atoms with van der Waals surface area (Å²) in [5, 5.41) is 2.96. The Morgan fingerprint density at radius 2 is 1.75 bits per heavy atom. The molecule has 0 saturated heterocycles. The lowest BCUT2D eigenvalue weighted by atomic mass is 10.1. The van der Waals surface area contributed by atoms with Crippen molar-refractivity contribution in [1.29, 1.82) is 0 Å². The molecule has 0 fully saturated rings. The van der Waals surface area contributed by atoms with Gasteiger partial charge in [-0.3, -0.25) is 4.79 Å². The highest BCUT2D eigenvalue weighted by atomic mass is 16.1. The zero-order valence-electron chi connectivity index (χ0n) is 12.1. The smallest absolute Gasteiger partial charge is 0.251 e. The van der Waals surface area contributed by atoms with Crippen molar-refractivity contribution in [2.24, 2.45) is 0 Å². The molecule has 0 spiro atoms. The quantitative estimate of drug-likeness (QED) is 0.821. The Hall–Kier alpha value is -2.35. The SMILES string of the molecule is CC(=Cc1ccccc1)C(=O)Nc1cc(C)ccc1C. The summed E-state index contributed by atoms with van der Waals surface area (Å²) >= 11 is 0. The zero-order chi connectivity index (χ0) is 14.5. The second-order valence-corrected chi connectivity index (χ2v) is 5.01. The van der Waals surface area contributed by atoms with Gasteiger partial charge in [0.25, 0.3) is 5.91 Å². The van der Waals surface area contributed by atoms with Crippen LogP contribution in [0.25, 0.3) is 6.08 Å². The van der Waals surface area contributed by atoms with E-state index < -0.39 is 0 Å². The van der Waals surface area contributed by atoms with E-state index in [1.165, 1.54) is 0 Å². The minimum Gasteiger partial charge on any atom is -0.322 e. The molecule has 0 aliphatic rings. The van der Waals surface area contributed by atoms with Gasteiger partial charge in [-0.05, 0) is 49.6 Å². The molecule has 20 heavy (non-hydrogen) atoms. The Kier molecular flexibility index (Phi) is 4.36. The van der Waals surface area contributed by atoms with Crippen molar-refractivity contribution in [3.63, 3.8) is 0 Å². The number of anilines is 1. The van der Waals surface area contributed by atoms with Crippen LogP contribution in [0, 0.1) is 13.8 Å². The van der Waals surface area contributed by atoms with E-state index in [0.717, 1.165) is 22.4 Å². The molecule has 0 aliphatic heterocycles. The fourth-order valence-corrected chi connectivity index (χ4v) is 1.96.